The first-order valence-corrected chi connectivity index (χ1v) is 6.44. The molecular formula is C15H24. The molecule has 0 nitrogen and oxygen atoms in total. The molecule has 0 heteroatoms. The van der Waals surface area contributed by atoms with Crippen LogP contribution in [0, 0.1) is 11.8 Å². The molecule has 0 saturated heterocycles. The highest BCUT2D eigenvalue weighted by Gasteiger charge is 2.30. The summed E-state index contributed by atoms with van der Waals surface area (Å²) < 4.78 is 0. The largest absolute Gasteiger partial charge is 0.0766 e. The summed E-state index contributed by atoms with van der Waals surface area (Å²) in [4.78, 5) is 0. The smallest absolute Gasteiger partial charge is 0.00146 e. The van der Waals surface area contributed by atoms with Crippen molar-refractivity contribution in [2.24, 2.45) is 11.8 Å². The minimum atomic E-state index is 0.826. The maximum absolute atomic E-state index is 2.42. The predicted octanol–water partition coefficient (Wildman–Crippen LogP) is 4.87. The number of rotatable bonds is 0. The van der Waals surface area contributed by atoms with Gasteiger partial charge in [0.05, 0.1) is 0 Å². The Morgan fingerprint density at radius 1 is 1.13 bits per heavy atom. The van der Waals surface area contributed by atoms with Gasteiger partial charge in [-0.25, -0.2) is 0 Å². The van der Waals surface area contributed by atoms with Gasteiger partial charge in [0.1, 0.15) is 0 Å². The zero-order valence-corrected chi connectivity index (χ0v) is 10.7. The Morgan fingerprint density at radius 2 is 1.87 bits per heavy atom. The van der Waals surface area contributed by atoms with Crippen LogP contribution in [-0.4, -0.2) is 0 Å². The molecule has 0 radical (unpaired) electrons. The van der Waals surface area contributed by atoms with E-state index in [0.29, 0.717) is 0 Å². The standard InChI is InChI=1S/C15H24/c1-10(2)13-8-6-12(4)14-7-5-11(3)9-15(13)14/h11,15H,5-9H2,1-4H3/t11-,15-/m0/s1. The van der Waals surface area contributed by atoms with E-state index in [2.05, 4.69) is 27.7 Å². The molecular weight excluding hydrogens is 180 g/mol. The highest BCUT2D eigenvalue weighted by molar-refractivity contribution is 5.33. The SMILES string of the molecule is CC(C)=C1CCC(C)=C2CC[C@H](C)C[C@@H]12. The lowest BCUT2D eigenvalue weighted by molar-refractivity contribution is 0.364. The molecule has 0 amide bonds. The number of hydrogen-bond acceptors (Lipinski definition) is 0. The maximum atomic E-state index is 2.42. The van der Waals surface area contributed by atoms with Gasteiger partial charge in [-0.1, -0.05) is 29.2 Å². The van der Waals surface area contributed by atoms with Crippen molar-refractivity contribution in [3.8, 4) is 0 Å². The van der Waals surface area contributed by atoms with Crippen molar-refractivity contribution in [2.75, 3.05) is 0 Å². The molecule has 0 aromatic heterocycles. The third-order valence-corrected chi connectivity index (χ3v) is 4.35. The van der Waals surface area contributed by atoms with Gasteiger partial charge in [0, 0.05) is 5.92 Å². The summed E-state index contributed by atoms with van der Waals surface area (Å²) in [5.74, 6) is 1.76. The first kappa shape index (κ1) is 11.0. The summed E-state index contributed by atoms with van der Waals surface area (Å²) in [5, 5.41) is 0. The first-order chi connectivity index (χ1) is 7.09. The van der Waals surface area contributed by atoms with Crippen LogP contribution in [0.3, 0.4) is 0 Å². The average molecular weight is 204 g/mol. The second kappa shape index (κ2) is 4.15. The molecule has 0 unspecified atom stereocenters. The molecule has 0 bridgehead atoms. The Bertz CT molecular complexity index is 313. The fraction of sp³-hybridized carbons (Fsp3) is 0.733. The number of fused-ring (bicyclic) bond motifs is 1. The molecule has 1 fully saturated rings. The predicted molar refractivity (Wildman–Crippen MR) is 66.8 cm³/mol. The van der Waals surface area contributed by atoms with Crippen LogP contribution < -0.4 is 0 Å². The lowest BCUT2D eigenvalue weighted by Gasteiger charge is -2.37. The highest BCUT2D eigenvalue weighted by atomic mass is 14.4. The zero-order valence-electron chi connectivity index (χ0n) is 10.7. The topological polar surface area (TPSA) is 0 Å². The second-order valence-corrected chi connectivity index (χ2v) is 5.76. The van der Waals surface area contributed by atoms with Crippen LogP contribution in [0.5, 0.6) is 0 Å². The van der Waals surface area contributed by atoms with Crippen LogP contribution in [-0.2, 0) is 0 Å². The van der Waals surface area contributed by atoms with Crippen LogP contribution in [0.15, 0.2) is 22.3 Å². The van der Waals surface area contributed by atoms with Gasteiger partial charge in [0.25, 0.3) is 0 Å². The Kier molecular flexibility index (Phi) is 3.04. The molecule has 2 aliphatic rings. The molecule has 0 aromatic rings. The fourth-order valence-electron chi connectivity index (χ4n) is 3.36. The van der Waals surface area contributed by atoms with E-state index in [0.717, 1.165) is 11.8 Å². The average Bonchev–Trinajstić information content (AvgIpc) is 2.17. The molecule has 0 aromatic carbocycles. The number of allylic oxidation sites excluding steroid dienone is 4. The van der Waals surface area contributed by atoms with E-state index in [-0.39, 0.29) is 0 Å². The van der Waals surface area contributed by atoms with Gasteiger partial charge in [-0.2, -0.15) is 0 Å². The van der Waals surface area contributed by atoms with E-state index < -0.39 is 0 Å². The maximum Gasteiger partial charge on any atom is 0.00146 e. The quantitative estimate of drug-likeness (QED) is 0.494. The third-order valence-electron chi connectivity index (χ3n) is 4.35. The molecule has 0 heterocycles. The molecule has 2 atom stereocenters. The Hall–Kier alpha value is -0.520. The van der Waals surface area contributed by atoms with Crippen molar-refractivity contribution in [1.29, 1.82) is 0 Å². The molecule has 1 saturated carbocycles. The highest BCUT2D eigenvalue weighted by Crippen LogP contribution is 2.45. The fourth-order valence-corrected chi connectivity index (χ4v) is 3.36. The van der Waals surface area contributed by atoms with Crippen molar-refractivity contribution < 1.29 is 0 Å². The van der Waals surface area contributed by atoms with Crippen molar-refractivity contribution in [2.45, 2.75) is 59.8 Å². The van der Waals surface area contributed by atoms with Crippen molar-refractivity contribution in [3.63, 3.8) is 0 Å². The van der Waals surface area contributed by atoms with Crippen molar-refractivity contribution in [1.82, 2.24) is 0 Å². The summed E-state index contributed by atoms with van der Waals surface area (Å²) in [6.45, 7) is 9.38. The summed E-state index contributed by atoms with van der Waals surface area (Å²) in [6, 6.07) is 0. The lowest BCUT2D eigenvalue weighted by atomic mass is 9.68. The molecule has 15 heavy (non-hydrogen) atoms. The summed E-state index contributed by atoms with van der Waals surface area (Å²) in [5.41, 5.74) is 6.86. The Morgan fingerprint density at radius 3 is 2.53 bits per heavy atom. The first-order valence-electron chi connectivity index (χ1n) is 6.44. The van der Waals surface area contributed by atoms with Gasteiger partial charge in [-0.3, -0.25) is 0 Å². The molecule has 2 aliphatic carbocycles. The molecule has 84 valence electrons. The summed E-state index contributed by atoms with van der Waals surface area (Å²) in [7, 11) is 0. The van der Waals surface area contributed by atoms with Crippen LogP contribution in [0.25, 0.3) is 0 Å². The summed E-state index contributed by atoms with van der Waals surface area (Å²) >= 11 is 0. The van der Waals surface area contributed by atoms with Crippen LogP contribution in [0.2, 0.25) is 0 Å². The molecule has 0 spiro atoms. The van der Waals surface area contributed by atoms with Crippen LogP contribution >= 0.6 is 0 Å². The van der Waals surface area contributed by atoms with E-state index in [1.54, 1.807) is 22.3 Å². The molecule has 2 rings (SSSR count). The van der Waals surface area contributed by atoms with Gasteiger partial charge >= 0.3 is 0 Å². The minimum Gasteiger partial charge on any atom is -0.0766 e. The number of hydrogen-bond donors (Lipinski definition) is 0. The van der Waals surface area contributed by atoms with Crippen molar-refractivity contribution in [3.05, 3.63) is 22.3 Å². The van der Waals surface area contributed by atoms with E-state index in [1.165, 1.54) is 32.1 Å². The van der Waals surface area contributed by atoms with Gasteiger partial charge in [-0.15, -0.1) is 0 Å². The monoisotopic (exact) mass is 204 g/mol. The lowest BCUT2D eigenvalue weighted by Crippen LogP contribution is -2.23. The van der Waals surface area contributed by atoms with Gasteiger partial charge in [0.15, 0.2) is 0 Å². The van der Waals surface area contributed by atoms with Gasteiger partial charge < -0.3 is 0 Å². The van der Waals surface area contributed by atoms with E-state index in [4.69, 9.17) is 0 Å². The van der Waals surface area contributed by atoms with Gasteiger partial charge in [-0.05, 0) is 58.8 Å². The Labute approximate surface area is 94.5 Å². The zero-order chi connectivity index (χ0) is 11.0. The Balaban J connectivity index is 2.34. The second-order valence-electron chi connectivity index (χ2n) is 5.76. The van der Waals surface area contributed by atoms with Crippen LogP contribution in [0.4, 0.5) is 0 Å². The van der Waals surface area contributed by atoms with E-state index >= 15 is 0 Å². The van der Waals surface area contributed by atoms with E-state index in [1.807, 2.05) is 0 Å². The minimum absolute atomic E-state index is 0.826. The normalized spacial score (nSPS) is 31.6. The summed E-state index contributed by atoms with van der Waals surface area (Å²) in [6.07, 6.45) is 6.84. The van der Waals surface area contributed by atoms with Crippen molar-refractivity contribution >= 4 is 0 Å². The molecule has 0 aliphatic heterocycles. The van der Waals surface area contributed by atoms with E-state index in [9.17, 15) is 0 Å². The van der Waals surface area contributed by atoms with Gasteiger partial charge in [0.2, 0.25) is 0 Å². The van der Waals surface area contributed by atoms with Crippen LogP contribution in [0.1, 0.15) is 59.8 Å². The third kappa shape index (κ3) is 2.04. The molecule has 0 N–H and O–H groups in total.